The van der Waals surface area contributed by atoms with Crippen molar-refractivity contribution >= 4 is 11.8 Å². The van der Waals surface area contributed by atoms with Gasteiger partial charge in [0.05, 0.1) is 5.92 Å². The molecular weight excluding hydrogens is 290 g/mol. The average molecular weight is 313 g/mol. The normalized spacial score (nSPS) is 21.2. The van der Waals surface area contributed by atoms with Gasteiger partial charge in [-0.15, -0.1) is 0 Å². The summed E-state index contributed by atoms with van der Waals surface area (Å²) in [6.07, 6.45) is 10.7. The Morgan fingerprint density at radius 1 is 1.30 bits per heavy atom. The van der Waals surface area contributed by atoms with E-state index >= 15 is 0 Å². The maximum atomic E-state index is 12.3. The van der Waals surface area contributed by atoms with Crippen molar-refractivity contribution in [1.82, 2.24) is 15.2 Å². The predicted octanol–water partition coefficient (Wildman–Crippen LogP) is 2.05. The molecule has 2 heterocycles. The topological polar surface area (TPSA) is 62.3 Å². The van der Waals surface area contributed by atoms with Crippen LogP contribution in [0, 0.1) is 5.92 Å². The molecule has 23 heavy (non-hydrogen) atoms. The molecule has 1 fully saturated rings. The minimum atomic E-state index is -0.228. The van der Waals surface area contributed by atoms with Gasteiger partial charge >= 0.3 is 0 Å². The highest BCUT2D eigenvalue weighted by molar-refractivity contribution is 5.89. The first-order valence-electron chi connectivity index (χ1n) is 8.34. The molecular formula is C18H23N3O2. The molecule has 0 aromatic carbocycles. The molecule has 0 radical (unpaired) electrons. The number of nitrogens with one attached hydrogen (secondary N) is 1. The van der Waals surface area contributed by atoms with Gasteiger partial charge in [0.15, 0.2) is 0 Å². The van der Waals surface area contributed by atoms with Crippen LogP contribution >= 0.6 is 0 Å². The molecule has 5 nitrogen and oxygen atoms in total. The number of allylic oxidation sites excluding steroid dienone is 1. The largest absolute Gasteiger partial charge is 0.352 e. The summed E-state index contributed by atoms with van der Waals surface area (Å²) >= 11 is 0. The number of aromatic nitrogens is 1. The summed E-state index contributed by atoms with van der Waals surface area (Å²) in [5, 5.41) is 3.00. The number of amides is 2. The fourth-order valence-electron chi connectivity index (χ4n) is 3.22. The van der Waals surface area contributed by atoms with Crippen LogP contribution < -0.4 is 5.32 Å². The van der Waals surface area contributed by atoms with Crippen molar-refractivity contribution in [2.45, 2.75) is 38.6 Å². The van der Waals surface area contributed by atoms with Crippen molar-refractivity contribution in [3.8, 4) is 0 Å². The van der Waals surface area contributed by atoms with Gasteiger partial charge in [0, 0.05) is 38.4 Å². The van der Waals surface area contributed by atoms with Crippen LogP contribution in [0.2, 0.25) is 0 Å². The lowest BCUT2D eigenvalue weighted by Crippen LogP contribution is -2.34. The number of nitrogens with zero attached hydrogens (tertiary/aromatic N) is 2. The Hall–Kier alpha value is -2.17. The quantitative estimate of drug-likeness (QED) is 0.846. The number of hydrogen-bond acceptors (Lipinski definition) is 3. The van der Waals surface area contributed by atoms with Crippen LogP contribution in [0.25, 0.3) is 0 Å². The summed E-state index contributed by atoms with van der Waals surface area (Å²) in [4.78, 5) is 30.2. The Labute approximate surface area is 136 Å². The number of carbonyl (C=O) groups excluding carboxylic acids is 2. The molecule has 3 rings (SSSR count). The van der Waals surface area contributed by atoms with Crippen molar-refractivity contribution in [3.05, 3.63) is 41.7 Å². The number of likely N-dealkylation sites (tertiary alicyclic amines) is 1. The molecule has 1 N–H and O–H groups in total. The third kappa shape index (κ3) is 4.18. The zero-order chi connectivity index (χ0) is 16.1. The fraction of sp³-hybridized carbons (Fsp3) is 0.500. The Morgan fingerprint density at radius 3 is 2.87 bits per heavy atom. The average Bonchev–Trinajstić information content (AvgIpc) is 2.95. The van der Waals surface area contributed by atoms with Crippen LogP contribution in [-0.4, -0.2) is 34.8 Å². The van der Waals surface area contributed by atoms with Crippen LogP contribution in [0.5, 0.6) is 0 Å². The number of rotatable bonds is 5. The minimum absolute atomic E-state index is 0.00190. The first-order valence-corrected chi connectivity index (χ1v) is 8.34. The van der Waals surface area contributed by atoms with Crippen LogP contribution in [0.15, 0.2) is 36.2 Å². The first-order chi connectivity index (χ1) is 11.2. The van der Waals surface area contributed by atoms with Gasteiger partial charge in [0.25, 0.3) is 0 Å². The van der Waals surface area contributed by atoms with E-state index in [1.165, 1.54) is 18.4 Å². The fourth-order valence-corrected chi connectivity index (χ4v) is 3.22. The second-order valence-electron chi connectivity index (χ2n) is 6.36. The summed E-state index contributed by atoms with van der Waals surface area (Å²) < 4.78 is 0. The lowest BCUT2D eigenvalue weighted by molar-refractivity contribution is -0.129. The molecule has 1 aromatic rings. The molecule has 0 spiro atoms. The number of pyridine rings is 1. The van der Waals surface area contributed by atoms with Crippen LogP contribution in [0.4, 0.5) is 0 Å². The second-order valence-corrected chi connectivity index (χ2v) is 6.36. The van der Waals surface area contributed by atoms with Crippen molar-refractivity contribution < 1.29 is 9.59 Å². The van der Waals surface area contributed by atoms with Gasteiger partial charge in [0.2, 0.25) is 11.8 Å². The Morgan fingerprint density at radius 2 is 2.13 bits per heavy atom. The zero-order valence-electron chi connectivity index (χ0n) is 13.3. The van der Waals surface area contributed by atoms with Gasteiger partial charge in [-0.3, -0.25) is 14.6 Å². The second kappa shape index (κ2) is 7.40. The molecule has 1 atom stereocenters. The highest BCUT2D eigenvalue weighted by Crippen LogP contribution is 2.21. The summed E-state index contributed by atoms with van der Waals surface area (Å²) in [6.45, 7) is 1.69. The third-order valence-electron chi connectivity index (χ3n) is 4.58. The third-order valence-corrected chi connectivity index (χ3v) is 4.58. The molecule has 1 aromatic heterocycles. The lowest BCUT2D eigenvalue weighted by Gasteiger charge is -2.17. The Kier molecular flexibility index (Phi) is 5.05. The summed E-state index contributed by atoms with van der Waals surface area (Å²) in [5.74, 6) is -0.172. The van der Waals surface area contributed by atoms with Crippen molar-refractivity contribution in [2.24, 2.45) is 5.92 Å². The van der Waals surface area contributed by atoms with Crippen molar-refractivity contribution in [3.63, 3.8) is 0 Å². The molecule has 0 unspecified atom stereocenters. The smallest absolute Gasteiger partial charge is 0.225 e. The van der Waals surface area contributed by atoms with Gasteiger partial charge < -0.3 is 10.2 Å². The van der Waals surface area contributed by atoms with E-state index < -0.39 is 0 Å². The molecule has 2 aliphatic rings. The van der Waals surface area contributed by atoms with E-state index in [9.17, 15) is 9.59 Å². The van der Waals surface area contributed by atoms with E-state index in [1.54, 1.807) is 17.3 Å². The minimum Gasteiger partial charge on any atom is -0.352 e. The highest BCUT2D eigenvalue weighted by atomic mass is 16.2. The predicted molar refractivity (Wildman–Crippen MR) is 87.3 cm³/mol. The molecule has 5 heteroatoms. The van der Waals surface area contributed by atoms with Crippen LogP contribution in [0.1, 0.15) is 37.7 Å². The van der Waals surface area contributed by atoms with Gasteiger partial charge in [0.1, 0.15) is 0 Å². The van der Waals surface area contributed by atoms with E-state index in [0.717, 1.165) is 18.4 Å². The Balaban J connectivity index is 1.50. The van der Waals surface area contributed by atoms with Crippen molar-refractivity contribution in [1.29, 1.82) is 0 Å². The van der Waals surface area contributed by atoms with E-state index in [4.69, 9.17) is 0 Å². The number of hydrogen-bond donors (Lipinski definition) is 1. The van der Waals surface area contributed by atoms with E-state index in [1.807, 2.05) is 12.1 Å². The monoisotopic (exact) mass is 313 g/mol. The Bertz CT molecular complexity index is 598. The number of carbonyl (C=O) groups is 2. The zero-order valence-corrected chi connectivity index (χ0v) is 13.3. The van der Waals surface area contributed by atoms with E-state index in [0.29, 0.717) is 26.1 Å². The van der Waals surface area contributed by atoms with Gasteiger partial charge in [-0.1, -0.05) is 11.6 Å². The molecule has 1 aliphatic carbocycles. The molecule has 122 valence electrons. The summed E-state index contributed by atoms with van der Waals surface area (Å²) in [5.41, 5.74) is 2.37. The summed E-state index contributed by atoms with van der Waals surface area (Å²) in [7, 11) is 0. The highest BCUT2D eigenvalue weighted by Gasteiger charge is 2.34. The standard InChI is InChI=1S/C18H23N3O2/c22-17-10-16(13-21(17)12-15-6-8-19-9-7-15)18(23)20-11-14-4-2-1-3-5-14/h4,6-9,16H,1-3,5,10-13H2,(H,20,23)/t16-/m0/s1. The van der Waals surface area contributed by atoms with E-state index in [-0.39, 0.29) is 17.7 Å². The van der Waals surface area contributed by atoms with Gasteiger partial charge in [-0.25, -0.2) is 0 Å². The maximum absolute atomic E-state index is 12.3. The SMILES string of the molecule is O=C(NCC1=CCCCC1)[C@H]1CC(=O)N(Cc2ccncc2)C1. The van der Waals surface area contributed by atoms with Crippen molar-refractivity contribution in [2.75, 3.05) is 13.1 Å². The molecule has 1 saturated heterocycles. The molecule has 0 bridgehead atoms. The van der Waals surface area contributed by atoms with Crippen LogP contribution in [0.3, 0.4) is 0 Å². The van der Waals surface area contributed by atoms with E-state index in [2.05, 4.69) is 16.4 Å². The lowest BCUT2D eigenvalue weighted by atomic mass is 9.99. The maximum Gasteiger partial charge on any atom is 0.225 e. The molecule has 2 amide bonds. The van der Waals surface area contributed by atoms with Crippen LogP contribution in [-0.2, 0) is 16.1 Å². The molecule has 1 aliphatic heterocycles. The van der Waals surface area contributed by atoms with Gasteiger partial charge in [-0.05, 0) is 43.4 Å². The van der Waals surface area contributed by atoms with Gasteiger partial charge in [-0.2, -0.15) is 0 Å². The molecule has 0 saturated carbocycles. The first kappa shape index (κ1) is 15.7. The summed E-state index contributed by atoms with van der Waals surface area (Å²) in [6, 6.07) is 3.80.